The van der Waals surface area contributed by atoms with E-state index in [1.807, 2.05) is 6.92 Å². The van der Waals surface area contributed by atoms with Crippen molar-refractivity contribution in [1.29, 1.82) is 0 Å². The smallest absolute Gasteiger partial charge is 0.230 e. The van der Waals surface area contributed by atoms with Gasteiger partial charge in [-0.2, -0.15) is 0 Å². The molecular weight excluding hydrogens is 396 g/mol. The molecule has 0 amide bonds. The van der Waals surface area contributed by atoms with E-state index >= 15 is 0 Å². The van der Waals surface area contributed by atoms with Gasteiger partial charge in [-0.3, -0.25) is 5.10 Å². The number of rotatable bonds is 8. The summed E-state index contributed by atoms with van der Waals surface area (Å²) in [4.78, 5) is 0.212. The molecule has 0 radical (unpaired) electrons. The Balaban J connectivity index is 1.92. The van der Waals surface area contributed by atoms with Crippen molar-refractivity contribution in [3.8, 4) is 34.4 Å². The molecule has 0 aliphatic carbocycles. The molecular formula is C20H22N2O6S. The molecule has 0 spiro atoms. The fourth-order valence-corrected chi connectivity index (χ4v) is 3.34. The van der Waals surface area contributed by atoms with E-state index in [0.717, 1.165) is 6.26 Å². The Bertz CT molecular complexity index is 1080. The Kier molecular flexibility index (Phi) is 6.09. The van der Waals surface area contributed by atoms with Crippen LogP contribution >= 0.6 is 0 Å². The maximum absolute atomic E-state index is 11.6. The molecule has 154 valence electrons. The van der Waals surface area contributed by atoms with Crippen molar-refractivity contribution in [3.63, 3.8) is 0 Å². The molecule has 9 heteroatoms. The van der Waals surface area contributed by atoms with Gasteiger partial charge in [0, 0.05) is 31.1 Å². The number of aromatic nitrogens is 2. The average molecular weight is 418 g/mol. The van der Waals surface area contributed by atoms with E-state index in [1.54, 1.807) is 37.4 Å². The Morgan fingerprint density at radius 2 is 1.76 bits per heavy atom. The van der Waals surface area contributed by atoms with Gasteiger partial charge in [0.2, 0.25) is 5.88 Å². The number of methoxy groups -OCH3 is 1. The third kappa shape index (κ3) is 5.49. The number of hydrogen-bond donors (Lipinski definition) is 2. The van der Waals surface area contributed by atoms with E-state index in [0.29, 0.717) is 35.1 Å². The lowest BCUT2D eigenvalue weighted by molar-refractivity contribution is 0.0920. The second-order valence-electron chi connectivity index (χ2n) is 6.56. The number of benzene rings is 2. The lowest BCUT2D eigenvalue weighted by Gasteiger charge is -2.16. The predicted molar refractivity (Wildman–Crippen MR) is 107 cm³/mol. The highest BCUT2D eigenvalue weighted by atomic mass is 32.2. The minimum absolute atomic E-state index is 0.127. The molecule has 0 aliphatic heterocycles. The highest BCUT2D eigenvalue weighted by Crippen LogP contribution is 2.33. The molecule has 2 aromatic carbocycles. The van der Waals surface area contributed by atoms with Crippen LogP contribution in [0.5, 0.6) is 23.1 Å². The van der Waals surface area contributed by atoms with E-state index in [-0.39, 0.29) is 16.9 Å². The van der Waals surface area contributed by atoms with Gasteiger partial charge in [-0.25, -0.2) is 8.42 Å². The van der Waals surface area contributed by atoms with Gasteiger partial charge in [-0.1, -0.05) is 0 Å². The van der Waals surface area contributed by atoms with Gasteiger partial charge >= 0.3 is 0 Å². The van der Waals surface area contributed by atoms with Crippen molar-refractivity contribution < 1.29 is 27.7 Å². The number of hydrogen-bond acceptors (Lipinski definition) is 7. The van der Waals surface area contributed by atoms with Gasteiger partial charge in [0.25, 0.3) is 0 Å². The zero-order valence-corrected chi connectivity index (χ0v) is 17.1. The van der Waals surface area contributed by atoms with Gasteiger partial charge in [-0.05, 0) is 43.3 Å². The summed E-state index contributed by atoms with van der Waals surface area (Å²) in [5, 5.41) is 16.0. The van der Waals surface area contributed by atoms with E-state index in [4.69, 9.17) is 14.2 Å². The van der Waals surface area contributed by atoms with Crippen molar-refractivity contribution in [2.24, 2.45) is 0 Å². The molecule has 0 bridgehead atoms. The summed E-state index contributed by atoms with van der Waals surface area (Å²) < 4.78 is 40.1. The monoisotopic (exact) mass is 418 g/mol. The first-order valence-corrected chi connectivity index (χ1v) is 10.7. The van der Waals surface area contributed by atoms with Crippen LogP contribution in [0.25, 0.3) is 11.3 Å². The molecule has 1 aromatic heterocycles. The maximum Gasteiger partial charge on any atom is 0.230 e. The van der Waals surface area contributed by atoms with Crippen LogP contribution in [0.1, 0.15) is 6.92 Å². The lowest BCUT2D eigenvalue weighted by Crippen LogP contribution is -2.17. The Morgan fingerprint density at radius 3 is 2.34 bits per heavy atom. The largest absolute Gasteiger partial charge is 0.492 e. The minimum atomic E-state index is -3.28. The van der Waals surface area contributed by atoms with Crippen LogP contribution in [0.4, 0.5) is 0 Å². The van der Waals surface area contributed by atoms with Crippen LogP contribution in [0.3, 0.4) is 0 Å². The molecule has 0 saturated heterocycles. The average Bonchev–Trinajstić information content (AvgIpc) is 3.08. The summed E-state index contributed by atoms with van der Waals surface area (Å²) in [6.07, 6.45) is 0.962. The first kappa shape index (κ1) is 20.7. The normalized spacial score (nSPS) is 12.5. The number of H-pyrrole nitrogens is 1. The Hall–Kier alpha value is -3.04. The Labute approximate surface area is 169 Å². The fourth-order valence-electron chi connectivity index (χ4n) is 2.71. The molecule has 1 unspecified atom stereocenters. The number of aromatic hydroxyl groups is 1. The number of sulfone groups is 1. The van der Waals surface area contributed by atoms with Gasteiger partial charge in [0.05, 0.1) is 17.2 Å². The third-order valence-corrected chi connectivity index (χ3v) is 5.11. The molecule has 0 saturated carbocycles. The molecule has 1 atom stereocenters. The molecule has 2 N–H and O–H groups in total. The molecule has 0 fully saturated rings. The van der Waals surface area contributed by atoms with E-state index in [9.17, 15) is 13.5 Å². The molecule has 0 aliphatic rings. The zero-order valence-electron chi connectivity index (χ0n) is 16.2. The van der Waals surface area contributed by atoms with Crippen molar-refractivity contribution in [2.45, 2.75) is 17.9 Å². The summed E-state index contributed by atoms with van der Waals surface area (Å²) in [7, 11) is -1.69. The third-order valence-electron chi connectivity index (χ3n) is 3.98. The molecule has 3 aromatic rings. The molecule has 1 heterocycles. The van der Waals surface area contributed by atoms with Gasteiger partial charge in [0.1, 0.15) is 23.4 Å². The van der Waals surface area contributed by atoms with E-state index in [1.165, 1.54) is 18.2 Å². The van der Waals surface area contributed by atoms with E-state index < -0.39 is 9.84 Å². The van der Waals surface area contributed by atoms with Crippen molar-refractivity contribution >= 4 is 9.84 Å². The highest BCUT2D eigenvalue weighted by Gasteiger charge is 2.12. The van der Waals surface area contributed by atoms with Gasteiger partial charge < -0.3 is 19.3 Å². The van der Waals surface area contributed by atoms with Crippen LogP contribution in [-0.2, 0) is 14.6 Å². The summed E-state index contributed by atoms with van der Waals surface area (Å²) >= 11 is 0. The lowest BCUT2D eigenvalue weighted by atomic mass is 10.1. The fraction of sp³-hybridized carbons (Fsp3) is 0.250. The number of nitrogens with one attached hydrogen (secondary N) is 1. The summed E-state index contributed by atoms with van der Waals surface area (Å²) in [5.74, 6) is 1.36. The van der Waals surface area contributed by atoms with Crippen molar-refractivity contribution in [1.82, 2.24) is 10.2 Å². The molecule has 8 nitrogen and oxygen atoms in total. The quantitative estimate of drug-likeness (QED) is 0.577. The topological polar surface area (TPSA) is 111 Å². The second kappa shape index (κ2) is 8.54. The van der Waals surface area contributed by atoms with Gasteiger partial charge in [-0.15, -0.1) is 5.10 Å². The number of nitrogens with zero attached hydrogens (tertiary/aromatic N) is 1. The standard InChI is InChI=1S/C20H22N2O6S/c1-13(12-26-2)27-16-8-14(19-11-20(23)22-21-19)9-17(10-16)28-15-4-6-18(7-5-15)29(3,24)25/h4-11,13H,12H2,1-3H3,(H2,21,22,23). The van der Waals surface area contributed by atoms with Crippen LogP contribution < -0.4 is 9.47 Å². The number of aromatic amines is 1. The summed E-state index contributed by atoms with van der Waals surface area (Å²) in [5.41, 5.74) is 1.28. The van der Waals surface area contributed by atoms with Crippen LogP contribution in [0.15, 0.2) is 53.4 Å². The van der Waals surface area contributed by atoms with Crippen LogP contribution in [0, 0.1) is 0 Å². The number of ether oxygens (including phenoxy) is 3. The van der Waals surface area contributed by atoms with Crippen molar-refractivity contribution in [3.05, 3.63) is 48.5 Å². The SMILES string of the molecule is COCC(C)Oc1cc(Oc2ccc(S(C)(=O)=O)cc2)cc(-c2cc(O)n[nH]2)c1. The van der Waals surface area contributed by atoms with Crippen LogP contribution in [-0.4, -0.2) is 49.8 Å². The first-order chi connectivity index (χ1) is 13.7. The predicted octanol–water partition coefficient (Wildman–Crippen LogP) is 3.39. The van der Waals surface area contributed by atoms with Crippen LogP contribution in [0.2, 0.25) is 0 Å². The molecule has 3 rings (SSSR count). The maximum atomic E-state index is 11.6. The van der Waals surface area contributed by atoms with Crippen molar-refractivity contribution in [2.75, 3.05) is 20.0 Å². The summed E-state index contributed by atoms with van der Waals surface area (Å²) in [6, 6.07) is 12.9. The summed E-state index contributed by atoms with van der Waals surface area (Å²) in [6.45, 7) is 2.29. The minimum Gasteiger partial charge on any atom is -0.492 e. The van der Waals surface area contributed by atoms with Gasteiger partial charge in [0.15, 0.2) is 9.84 Å². The Morgan fingerprint density at radius 1 is 1.07 bits per heavy atom. The first-order valence-electron chi connectivity index (χ1n) is 8.78. The highest BCUT2D eigenvalue weighted by molar-refractivity contribution is 7.90. The van der Waals surface area contributed by atoms with E-state index in [2.05, 4.69) is 10.2 Å². The second-order valence-corrected chi connectivity index (χ2v) is 8.58. The molecule has 29 heavy (non-hydrogen) atoms. The zero-order chi connectivity index (χ0) is 21.0.